The molecule has 3 N–H and O–H groups in total. The van der Waals surface area contributed by atoms with Crippen LogP contribution in [0.5, 0.6) is 5.75 Å². The van der Waals surface area contributed by atoms with Crippen LogP contribution in [0, 0.1) is 19.3 Å². The van der Waals surface area contributed by atoms with Gasteiger partial charge in [0.25, 0.3) is 0 Å². The Balaban J connectivity index is 1.40. The highest BCUT2D eigenvalue weighted by Crippen LogP contribution is 2.55. The fraction of sp³-hybridized carbons (Fsp3) is 0.611. The number of hydrogen-bond donors (Lipinski definition) is 2. The van der Waals surface area contributed by atoms with E-state index in [1.165, 1.54) is 11.1 Å². The molecule has 118 valence electrons. The maximum Gasteiger partial charge on any atom is 0.231 e. The zero-order valence-electron chi connectivity index (χ0n) is 13.3. The summed E-state index contributed by atoms with van der Waals surface area (Å²) < 4.78 is 5.71. The van der Waals surface area contributed by atoms with Crippen LogP contribution >= 0.6 is 0 Å². The summed E-state index contributed by atoms with van der Waals surface area (Å²) >= 11 is 0. The van der Waals surface area contributed by atoms with Crippen molar-refractivity contribution >= 4 is 5.91 Å². The maximum atomic E-state index is 12.6. The van der Waals surface area contributed by atoms with E-state index in [1.54, 1.807) is 0 Å². The molecule has 4 nitrogen and oxygen atoms in total. The molecule has 0 radical (unpaired) electrons. The van der Waals surface area contributed by atoms with Crippen molar-refractivity contribution in [3.8, 4) is 5.75 Å². The first-order valence-corrected chi connectivity index (χ1v) is 8.26. The van der Waals surface area contributed by atoms with Gasteiger partial charge >= 0.3 is 0 Å². The van der Waals surface area contributed by atoms with E-state index in [0.717, 1.165) is 37.0 Å². The van der Waals surface area contributed by atoms with E-state index in [9.17, 15) is 4.79 Å². The molecular weight excluding hydrogens is 276 g/mol. The smallest absolute Gasteiger partial charge is 0.231 e. The number of benzene rings is 1. The summed E-state index contributed by atoms with van der Waals surface area (Å²) in [6, 6.07) is 4.87. The lowest BCUT2D eigenvalue weighted by Gasteiger charge is -2.57. The first kappa shape index (κ1) is 14.1. The summed E-state index contributed by atoms with van der Waals surface area (Å²) in [6.07, 6.45) is 4.46. The van der Waals surface area contributed by atoms with Crippen molar-refractivity contribution in [2.75, 3.05) is 6.61 Å². The van der Waals surface area contributed by atoms with Gasteiger partial charge in [-0.1, -0.05) is 6.07 Å². The Morgan fingerprint density at radius 1 is 1.23 bits per heavy atom. The maximum absolute atomic E-state index is 12.6. The lowest BCUT2D eigenvalue weighted by atomic mass is 9.52. The second-order valence-electron chi connectivity index (χ2n) is 7.62. The lowest BCUT2D eigenvalue weighted by Crippen LogP contribution is -2.60. The van der Waals surface area contributed by atoms with Gasteiger partial charge in [0.1, 0.15) is 18.3 Å². The SMILES string of the molecule is Cc1cc2c(cc1C)C(C(=O)NC1CC3(CC(N)C3)C1)CO2. The van der Waals surface area contributed by atoms with E-state index in [0.29, 0.717) is 24.1 Å². The van der Waals surface area contributed by atoms with Crippen LogP contribution in [0.4, 0.5) is 0 Å². The second kappa shape index (κ2) is 4.72. The third kappa shape index (κ3) is 2.12. The number of fused-ring (bicyclic) bond motifs is 1. The topological polar surface area (TPSA) is 64.4 Å². The number of aryl methyl sites for hydroxylation is 2. The van der Waals surface area contributed by atoms with Gasteiger partial charge < -0.3 is 15.8 Å². The molecule has 1 aromatic rings. The van der Waals surface area contributed by atoms with Crippen LogP contribution in [-0.4, -0.2) is 24.6 Å². The minimum atomic E-state index is -0.158. The molecule has 0 aromatic heterocycles. The molecule has 1 aromatic carbocycles. The van der Waals surface area contributed by atoms with Gasteiger partial charge in [-0.2, -0.15) is 0 Å². The quantitative estimate of drug-likeness (QED) is 0.880. The van der Waals surface area contributed by atoms with E-state index in [2.05, 4.69) is 25.2 Å². The number of nitrogens with one attached hydrogen (secondary N) is 1. The largest absolute Gasteiger partial charge is 0.492 e. The highest BCUT2D eigenvalue weighted by molar-refractivity contribution is 5.86. The molecule has 0 bridgehead atoms. The Morgan fingerprint density at radius 2 is 1.91 bits per heavy atom. The fourth-order valence-electron chi connectivity index (χ4n) is 4.46. The molecule has 1 spiro atoms. The lowest BCUT2D eigenvalue weighted by molar-refractivity contribution is -0.126. The average molecular weight is 300 g/mol. The van der Waals surface area contributed by atoms with E-state index in [4.69, 9.17) is 10.5 Å². The highest BCUT2D eigenvalue weighted by atomic mass is 16.5. The molecule has 3 aliphatic rings. The number of amides is 1. The molecule has 1 heterocycles. The van der Waals surface area contributed by atoms with E-state index < -0.39 is 0 Å². The van der Waals surface area contributed by atoms with Gasteiger partial charge in [-0.15, -0.1) is 0 Å². The monoisotopic (exact) mass is 300 g/mol. The predicted molar refractivity (Wildman–Crippen MR) is 85.0 cm³/mol. The number of carbonyl (C=O) groups is 1. The van der Waals surface area contributed by atoms with Crippen molar-refractivity contribution in [2.45, 2.75) is 57.5 Å². The van der Waals surface area contributed by atoms with E-state index >= 15 is 0 Å². The average Bonchev–Trinajstić information content (AvgIpc) is 2.78. The zero-order chi connectivity index (χ0) is 15.5. The summed E-state index contributed by atoms with van der Waals surface area (Å²) in [5, 5.41) is 3.21. The van der Waals surface area contributed by atoms with Gasteiger partial charge in [0.15, 0.2) is 0 Å². The molecule has 1 amide bonds. The Morgan fingerprint density at radius 3 is 2.59 bits per heavy atom. The van der Waals surface area contributed by atoms with Crippen LogP contribution < -0.4 is 15.8 Å². The Bertz CT molecular complexity index is 626. The first-order valence-electron chi connectivity index (χ1n) is 8.26. The van der Waals surface area contributed by atoms with Crippen LogP contribution in [0.25, 0.3) is 0 Å². The Hall–Kier alpha value is -1.55. The number of rotatable bonds is 2. The van der Waals surface area contributed by atoms with Crippen molar-refractivity contribution in [1.82, 2.24) is 5.32 Å². The molecule has 4 rings (SSSR count). The third-order valence-corrected chi connectivity index (χ3v) is 5.82. The van der Waals surface area contributed by atoms with Crippen molar-refractivity contribution in [2.24, 2.45) is 11.1 Å². The van der Waals surface area contributed by atoms with E-state index in [1.807, 2.05) is 6.07 Å². The third-order valence-electron chi connectivity index (χ3n) is 5.82. The summed E-state index contributed by atoms with van der Waals surface area (Å²) in [6.45, 7) is 4.62. The summed E-state index contributed by atoms with van der Waals surface area (Å²) in [4.78, 5) is 12.6. The number of hydrogen-bond acceptors (Lipinski definition) is 3. The molecule has 2 aliphatic carbocycles. The van der Waals surface area contributed by atoms with Crippen LogP contribution in [0.1, 0.15) is 48.3 Å². The summed E-state index contributed by atoms with van der Waals surface area (Å²) in [5.74, 6) is 0.832. The van der Waals surface area contributed by atoms with Gasteiger partial charge in [0.05, 0.1) is 0 Å². The van der Waals surface area contributed by atoms with Crippen LogP contribution in [-0.2, 0) is 4.79 Å². The van der Waals surface area contributed by atoms with Crippen molar-refractivity contribution in [1.29, 1.82) is 0 Å². The molecule has 0 saturated heterocycles. The molecule has 2 saturated carbocycles. The van der Waals surface area contributed by atoms with Crippen LogP contribution in [0.15, 0.2) is 12.1 Å². The number of carbonyl (C=O) groups excluding carboxylic acids is 1. The molecule has 1 aliphatic heterocycles. The molecule has 2 fully saturated rings. The van der Waals surface area contributed by atoms with Crippen LogP contribution in [0.3, 0.4) is 0 Å². The minimum Gasteiger partial charge on any atom is -0.492 e. The van der Waals surface area contributed by atoms with Crippen molar-refractivity contribution < 1.29 is 9.53 Å². The summed E-state index contributed by atoms with van der Waals surface area (Å²) in [7, 11) is 0. The van der Waals surface area contributed by atoms with Gasteiger partial charge in [0, 0.05) is 17.6 Å². The Labute approximate surface area is 131 Å². The van der Waals surface area contributed by atoms with Crippen molar-refractivity contribution in [3.05, 3.63) is 28.8 Å². The van der Waals surface area contributed by atoms with Gasteiger partial charge in [0.2, 0.25) is 5.91 Å². The molecule has 22 heavy (non-hydrogen) atoms. The van der Waals surface area contributed by atoms with Gasteiger partial charge in [-0.3, -0.25) is 4.79 Å². The van der Waals surface area contributed by atoms with Crippen LogP contribution in [0.2, 0.25) is 0 Å². The predicted octanol–water partition coefficient (Wildman–Crippen LogP) is 2.17. The second-order valence-corrected chi connectivity index (χ2v) is 7.62. The normalized spacial score (nSPS) is 35.3. The highest BCUT2D eigenvalue weighted by Gasteiger charge is 2.52. The first-order chi connectivity index (χ1) is 10.5. The summed E-state index contributed by atoms with van der Waals surface area (Å²) in [5.41, 5.74) is 9.81. The standard InChI is InChI=1S/C18H24N2O2/c1-10-3-14-15(9-22-16(14)4-11(10)2)17(21)20-13-7-18(8-13)5-12(19)6-18/h3-4,12-13,15H,5-9,19H2,1-2H3,(H,20,21). The molecule has 4 heteroatoms. The van der Waals surface area contributed by atoms with Gasteiger partial charge in [-0.25, -0.2) is 0 Å². The molecule has 1 atom stereocenters. The molecule has 1 unspecified atom stereocenters. The van der Waals surface area contributed by atoms with Gasteiger partial charge in [-0.05, 0) is 62.1 Å². The minimum absolute atomic E-state index is 0.116. The van der Waals surface area contributed by atoms with Crippen molar-refractivity contribution in [3.63, 3.8) is 0 Å². The zero-order valence-corrected chi connectivity index (χ0v) is 13.3. The van der Waals surface area contributed by atoms with E-state index in [-0.39, 0.29) is 11.8 Å². The fourth-order valence-corrected chi connectivity index (χ4v) is 4.46. The number of nitrogens with two attached hydrogens (primary N) is 1. The molecular formula is C18H24N2O2. The number of ether oxygens (including phenoxy) is 1. The Kier molecular flexibility index (Phi) is 3.02.